The first-order valence-corrected chi connectivity index (χ1v) is 7.00. The molecule has 6 heteroatoms. The molecule has 0 unspecified atom stereocenters. The van der Waals surface area contributed by atoms with E-state index in [0.717, 1.165) is 5.56 Å². The van der Waals surface area contributed by atoms with Gasteiger partial charge in [-0.15, -0.1) is 0 Å². The molecule has 1 atom stereocenters. The highest BCUT2D eigenvalue weighted by Gasteiger charge is 2.17. The number of hydrogen-bond acceptors (Lipinski definition) is 4. The summed E-state index contributed by atoms with van der Waals surface area (Å²) >= 11 is 1.43. The van der Waals surface area contributed by atoms with Gasteiger partial charge >= 0.3 is 5.97 Å². The van der Waals surface area contributed by atoms with E-state index in [2.05, 4.69) is 5.32 Å². The van der Waals surface area contributed by atoms with Gasteiger partial charge in [-0.25, -0.2) is 4.79 Å². The Morgan fingerprint density at radius 3 is 2.63 bits per heavy atom. The van der Waals surface area contributed by atoms with Crippen LogP contribution in [0.4, 0.5) is 0 Å². The summed E-state index contributed by atoms with van der Waals surface area (Å²) < 4.78 is 0. The fraction of sp³-hybridized carbons (Fsp3) is 0.385. The second-order valence-corrected chi connectivity index (χ2v) is 5.19. The second-order valence-electron chi connectivity index (χ2n) is 4.04. The van der Waals surface area contributed by atoms with Gasteiger partial charge in [0.05, 0.1) is 0 Å². The summed E-state index contributed by atoms with van der Waals surface area (Å²) in [5.41, 5.74) is 0.835. The van der Waals surface area contributed by atoms with Crippen LogP contribution in [0.25, 0.3) is 0 Å². The minimum atomic E-state index is -1.04. The third-order valence-electron chi connectivity index (χ3n) is 2.47. The number of carbonyl (C=O) groups excluding carboxylic acids is 1. The molecule has 0 aliphatic heterocycles. The van der Waals surface area contributed by atoms with Gasteiger partial charge in [0, 0.05) is 12.7 Å². The fourth-order valence-electron chi connectivity index (χ4n) is 1.53. The van der Waals surface area contributed by atoms with Crippen LogP contribution in [0.3, 0.4) is 0 Å². The number of aliphatic carboxylic acids is 1. The topological polar surface area (TPSA) is 86.6 Å². The number of carboxylic acid groups (broad SMARTS) is 1. The van der Waals surface area contributed by atoms with E-state index in [9.17, 15) is 14.7 Å². The molecular weight excluding hydrogens is 266 g/mol. The fourth-order valence-corrected chi connectivity index (χ4v) is 2.52. The Hall–Kier alpha value is -1.69. The first kappa shape index (κ1) is 15.4. The van der Waals surface area contributed by atoms with Gasteiger partial charge in [0.1, 0.15) is 11.8 Å². The maximum atomic E-state index is 10.9. The monoisotopic (exact) mass is 283 g/mol. The number of rotatable bonds is 7. The van der Waals surface area contributed by atoms with Crippen LogP contribution in [0.1, 0.15) is 12.5 Å². The number of carbonyl (C=O) groups is 2. The van der Waals surface area contributed by atoms with E-state index in [1.165, 1.54) is 18.7 Å². The van der Waals surface area contributed by atoms with Crippen molar-refractivity contribution in [3.8, 4) is 5.75 Å². The molecule has 0 saturated heterocycles. The number of hydrogen-bond donors (Lipinski definition) is 3. The van der Waals surface area contributed by atoms with E-state index in [1.54, 1.807) is 12.1 Å². The highest BCUT2D eigenvalue weighted by Crippen LogP contribution is 2.18. The van der Waals surface area contributed by atoms with Crippen molar-refractivity contribution >= 4 is 23.6 Å². The lowest BCUT2D eigenvalue weighted by Gasteiger charge is -2.12. The van der Waals surface area contributed by atoms with Gasteiger partial charge in [0.15, 0.2) is 0 Å². The molecule has 5 nitrogen and oxygen atoms in total. The molecule has 0 bridgehead atoms. The molecule has 104 valence electrons. The van der Waals surface area contributed by atoms with Crippen LogP contribution in [0.2, 0.25) is 0 Å². The Balaban J connectivity index is 2.35. The van der Waals surface area contributed by atoms with Crippen LogP contribution in [0.5, 0.6) is 5.75 Å². The van der Waals surface area contributed by atoms with Crippen molar-refractivity contribution < 1.29 is 19.8 Å². The van der Waals surface area contributed by atoms with Gasteiger partial charge in [0.25, 0.3) is 0 Å². The van der Waals surface area contributed by atoms with Crippen molar-refractivity contribution in [2.75, 3.05) is 11.5 Å². The zero-order valence-electron chi connectivity index (χ0n) is 10.6. The van der Waals surface area contributed by atoms with Crippen molar-refractivity contribution in [1.82, 2.24) is 5.32 Å². The average molecular weight is 283 g/mol. The normalized spacial score (nSPS) is 11.8. The van der Waals surface area contributed by atoms with E-state index < -0.39 is 12.0 Å². The van der Waals surface area contributed by atoms with E-state index in [4.69, 9.17) is 5.11 Å². The molecule has 0 aromatic heterocycles. The first-order valence-electron chi connectivity index (χ1n) is 5.85. The number of nitrogens with one attached hydrogen (secondary N) is 1. The van der Waals surface area contributed by atoms with Crippen molar-refractivity contribution in [2.45, 2.75) is 19.4 Å². The third kappa shape index (κ3) is 5.65. The molecule has 1 rings (SSSR count). The van der Waals surface area contributed by atoms with E-state index in [0.29, 0.717) is 17.9 Å². The molecule has 19 heavy (non-hydrogen) atoms. The number of phenolic OH excluding ortho intramolecular Hbond substituents is 1. The summed E-state index contributed by atoms with van der Waals surface area (Å²) in [5, 5.41) is 20.9. The second kappa shape index (κ2) is 7.68. The summed E-state index contributed by atoms with van der Waals surface area (Å²) in [7, 11) is 0. The zero-order valence-corrected chi connectivity index (χ0v) is 11.4. The molecule has 0 heterocycles. The van der Waals surface area contributed by atoms with Crippen molar-refractivity contribution in [1.29, 1.82) is 0 Å². The molecule has 3 N–H and O–H groups in total. The maximum absolute atomic E-state index is 10.9. The van der Waals surface area contributed by atoms with Crippen molar-refractivity contribution in [3.63, 3.8) is 0 Å². The van der Waals surface area contributed by atoms with Gasteiger partial charge < -0.3 is 15.5 Å². The van der Waals surface area contributed by atoms with Crippen LogP contribution < -0.4 is 5.32 Å². The predicted octanol–water partition coefficient (Wildman–Crippen LogP) is 1.26. The van der Waals surface area contributed by atoms with Crippen LogP contribution in [0, 0.1) is 0 Å². The van der Waals surface area contributed by atoms with E-state index in [-0.39, 0.29) is 11.7 Å². The molecule has 0 spiro atoms. The molecule has 0 fully saturated rings. The maximum Gasteiger partial charge on any atom is 0.327 e. The summed E-state index contributed by atoms with van der Waals surface area (Å²) in [5.74, 6) is -0.151. The van der Waals surface area contributed by atoms with Gasteiger partial charge in [0.2, 0.25) is 5.91 Å². The number of para-hydroxylation sites is 1. The van der Waals surface area contributed by atoms with Gasteiger partial charge in [-0.05, 0) is 23.8 Å². The lowest BCUT2D eigenvalue weighted by molar-refractivity contribution is -0.140. The minimum absolute atomic E-state index is 0.250. The number of benzene rings is 1. The van der Waals surface area contributed by atoms with Crippen LogP contribution in [-0.4, -0.2) is 39.6 Å². The highest BCUT2D eigenvalue weighted by molar-refractivity contribution is 7.99. The van der Waals surface area contributed by atoms with Gasteiger partial charge in [-0.2, -0.15) is 11.8 Å². The van der Waals surface area contributed by atoms with E-state index in [1.807, 2.05) is 12.1 Å². The van der Waals surface area contributed by atoms with Crippen LogP contribution >= 0.6 is 11.8 Å². The number of carboxylic acids is 1. The highest BCUT2D eigenvalue weighted by atomic mass is 32.2. The van der Waals surface area contributed by atoms with Crippen LogP contribution in [-0.2, 0) is 16.0 Å². The molecule has 1 aromatic rings. The lowest BCUT2D eigenvalue weighted by atomic mass is 10.1. The Morgan fingerprint density at radius 2 is 2.05 bits per heavy atom. The van der Waals surface area contributed by atoms with Crippen molar-refractivity contribution in [3.05, 3.63) is 29.8 Å². The SMILES string of the molecule is CC(=O)N[C@@H](CSCCc1ccccc1O)C(=O)O. The zero-order chi connectivity index (χ0) is 14.3. The Bertz CT molecular complexity index is 450. The number of thioether (sulfide) groups is 1. The number of phenols is 1. The number of aryl methyl sites for hydroxylation is 1. The van der Waals surface area contributed by atoms with E-state index >= 15 is 0 Å². The largest absolute Gasteiger partial charge is 0.508 e. The van der Waals surface area contributed by atoms with Gasteiger partial charge in [-0.1, -0.05) is 18.2 Å². The minimum Gasteiger partial charge on any atom is -0.508 e. The number of aromatic hydroxyl groups is 1. The molecule has 0 saturated carbocycles. The molecule has 0 aliphatic rings. The summed E-state index contributed by atoms with van der Waals surface area (Å²) in [4.78, 5) is 21.7. The predicted molar refractivity (Wildman–Crippen MR) is 74.4 cm³/mol. The summed E-state index contributed by atoms with van der Waals surface area (Å²) in [6.45, 7) is 1.29. The molecule has 0 aliphatic carbocycles. The van der Waals surface area contributed by atoms with Gasteiger partial charge in [-0.3, -0.25) is 4.79 Å². The molecule has 1 amide bonds. The third-order valence-corrected chi connectivity index (χ3v) is 3.53. The Labute approximate surface area is 116 Å². The Kier molecular flexibility index (Phi) is 6.21. The smallest absolute Gasteiger partial charge is 0.327 e. The summed E-state index contributed by atoms with van der Waals surface area (Å²) in [6, 6.07) is 6.18. The molecule has 0 radical (unpaired) electrons. The Morgan fingerprint density at radius 1 is 1.37 bits per heavy atom. The standard InChI is InChI=1S/C13H17NO4S/c1-9(15)14-11(13(17)18)8-19-7-6-10-4-2-3-5-12(10)16/h2-5,11,16H,6-8H2,1H3,(H,14,15)(H,17,18)/t11-/m0/s1. The molecular formula is C13H17NO4S. The quantitative estimate of drug-likeness (QED) is 0.656. The number of amides is 1. The van der Waals surface area contributed by atoms with Crippen LogP contribution in [0.15, 0.2) is 24.3 Å². The van der Waals surface area contributed by atoms with Crippen molar-refractivity contribution in [2.24, 2.45) is 0 Å². The molecule has 1 aromatic carbocycles. The average Bonchev–Trinajstić information content (AvgIpc) is 2.34. The lowest BCUT2D eigenvalue weighted by Crippen LogP contribution is -2.41. The first-order chi connectivity index (χ1) is 9.00. The summed E-state index contributed by atoms with van der Waals surface area (Å²) in [6.07, 6.45) is 0.656.